The van der Waals surface area contributed by atoms with Crippen molar-refractivity contribution in [2.75, 3.05) is 0 Å². The van der Waals surface area contributed by atoms with Gasteiger partial charge in [0.05, 0.1) is 6.10 Å². The van der Waals surface area contributed by atoms with E-state index in [1.165, 1.54) is 0 Å². The number of hydrogen-bond acceptors (Lipinski definition) is 4. The molecular weight excluding hydrogens is 204 g/mol. The highest BCUT2D eigenvalue weighted by atomic mass is 16.3. The maximum Gasteiger partial charge on any atom is 0.166 e. The van der Waals surface area contributed by atoms with Crippen LogP contribution in [0.1, 0.15) is 58.8 Å². The molecule has 0 heterocycles. The van der Waals surface area contributed by atoms with Gasteiger partial charge < -0.3 is 16.6 Å². The van der Waals surface area contributed by atoms with Crippen LogP contribution in [0.3, 0.4) is 0 Å². The Bertz CT molecular complexity index is 203. The van der Waals surface area contributed by atoms with Gasteiger partial charge in [0, 0.05) is 6.42 Å². The lowest BCUT2D eigenvalue weighted by Crippen LogP contribution is -2.56. The Morgan fingerprint density at radius 1 is 1.31 bits per heavy atom. The number of unbranched alkanes of at least 4 members (excludes halogenated alkanes) is 2. The molecule has 1 atom stereocenters. The molecule has 5 N–H and O–H groups in total. The zero-order chi connectivity index (χ0) is 12.6. The number of carbonyl (C=O) groups is 1. The van der Waals surface area contributed by atoms with E-state index < -0.39 is 5.66 Å². The normalized spacial score (nSPS) is 13.8. The van der Waals surface area contributed by atoms with Gasteiger partial charge in [0.1, 0.15) is 5.66 Å². The van der Waals surface area contributed by atoms with Gasteiger partial charge >= 0.3 is 0 Å². The SMILES string of the molecule is CCCCCC(=O)C(N)(N)CCCC(C)O. The van der Waals surface area contributed by atoms with E-state index in [1.807, 2.05) is 0 Å². The number of Topliss-reactive ketones (excluding diaryl/α,β-unsaturated/α-hetero) is 1. The van der Waals surface area contributed by atoms with Crippen LogP contribution in [0.2, 0.25) is 0 Å². The van der Waals surface area contributed by atoms with Crippen molar-refractivity contribution < 1.29 is 9.90 Å². The Morgan fingerprint density at radius 3 is 2.44 bits per heavy atom. The molecule has 0 bridgehead atoms. The Morgan fingerprint density at radius 2 is 1.94 bits per heavy atom. The average molecular weight is 230 g/mol. The van der Waals surface area contributed by atoms with Gasteiger partial charge in [-0.1, -0.05) is 19.8 Å². The lowest BCUT2D eigenvalue weighted by atomic mass is 9.95. The molecule has 96 valence electrons. The summed E-state index contributed by atoms with van der Waals surface area (Å²) in [5, 5.41) is 9.09. The van der Waals surface area contributed by atoms with Crippen molar-refractivity contribution in [2.24, 2.45) is 11.5 Å². The van der Waals surface area contributed by atoms with Crippen LogP contribution in [0.4, 0.5) is 0 Å². The summed E-state index contributed by atoms with van der Waals surface area (Å²) < 4.78 is 0. The predicted octanol–water partition coefficient (Wildman–Crippen LogP) is 1.30. The summed E-state index contributed by atoms with van der Waals surface area (Å²) in [4.78, 5) is 11.7. The molecule has 0 aromatic rings. The van der Waals surface area contributed by atoms with E-state index in [9.17, 15) is 4.79 Å². The van der Waals surface area contributed by atoms with Gasteiger partial charge in [0.25, 0.3) is 0 Å². The van der Waals surface area contributed by atoms with Crippen LogP contribution < -0.4 is 11.5 Å². The van der Waals surface area contributed by atoms with E-state index in [-0.39, 0.29) is 11.9 Å². The molecule has 4 heteroatoms. The fraction of sp³-hybridized carbons (Fsp3) is 0.917. The molecule has 16 heavy (non-hydrogen) atoms. The van der Waals surface area contributed by atoms with Gasteiger partial charge in [-0.25, -0.2) is 0 Å². The first kappa shape index (κ1) is 15.6. The average Bonchev–Trinajstić information content (AvgIpc) is 2.17. The first-order valence-electron chi connectivity index (χ1n) is 6.19. The molecule has 1 unspecified atom stereocenters. The molecule has 0 fully saturated rings. The number of rotatable bonds is 9. The molecule has 0 radical (unpaired) electrons. The second-order valence-corrected chi connectivity index (χ2v) is 4.66. The van der Waals surface area contributed by atoms with E-state index >= 15 is 0 Å². The van der Waals surface area contributed by atoms with Gasteiger partial charge in [-0.2, -0.15) is 0 Å². The number of nitrogens with two attached hydrogens (primary N) is 2. The zero-order valence-electron chi connectivity index (χ0n) is 10.5. The highest BCUT2D eigenvalue weighted by Crippen LogP contribution is 2.12. The third-order valence-corrected chi connectivity index (χ3v) is 2.74. The Labute approximate surface area is 98.4 Å². The molecule has 0 rings (SSSR count). The van der Waals surface area contributed by atoms with Crippen molar-refractivity contribution in [1.82, 2.24) is 0 Å². The highest BCUT2D eigenvalue weighted by Gasteiger charge is 2.27. The van der Waals surface area contributed by atoms with Crippen molar-refractivity contribution in [3.63, 3.8) is 0 Å². The minimum atomic E-state index is -1.21. The maximum atomic E-state index is 11.7. The van der Waals surface area contributed by atoms with Crippen molar-refractivity contribution in [1.29, 1.82) is 0 Å². The summed E-state index contributed by atoms with van der Waals surface area (Å²) >= 11 is 0. The topological polar surface area (TPSA) is 89.3 Å². The Kier molecular flexibility index (Phi) is 7.55. The zero-order valence-corrected chi connectivity index (χ0v) is 10.5. The van der Waals surface area contributed by atoms with Crippen molar-refractivity contribution in [3.05, 3.63) is 0 Å². The quantitative estimate of drug-likeness (QED) is 0.411. The second-order valence-electron chi connectivity index (χ2n) is 4.66. The van der Waals surface area contributed by atoms with Crippen LogP contribution in [0, 0.1) is 0 Å². The van der Waals surface area contributed by atoms with E-state index in [0.29, 0.717) is 25.7 Å². The number of hydrogen-bond donors (Lipinski definition) is 3. The summed E-state index contributed by atoms with van der Waals surface area (Å²) in [5.41, 5.74) is 10.3. The van der Waals surface area contributed by atoms with E-state index in [0.717, 1.165) is 19.3 Å². The fourth-order valence-electron chi connectivity index (χ4n) is 1.60. The molecule has 0 spiro atoms. The van der Waals surface area contributed by atoms with E-state index in [2.05, 4.69) is 6.92 Å². The molecule has 0 aromatic heterocycles. The molecule has 4 nitrogen and oxygen atoms in total. The number of ketones is 1. The maximum absolute atomic E-state index is 11.7. The van der Waals surface area contributed by atoms with Gasteiger partial charge in [-0.3, -0.25) is 4.79 Å². The first-order valence-corrected chi connectivity index (χ1v) is 6.19. The molecular formula is C12H26N2O2. The molecule has 0 amide bonds. The smallest absolute Gasteiger partial charge is 0.166 e. The summed E-state index contributed by atoms with van der Waals surface area (Å²) in [5.74, 6) is -0.0634. The number of carbonyl (C=O) groups excluding carboxylic acids is 1. The van der Waals surface area contributed by atoms with Crippen LogP contribution in [-0.2, 0) is 4.79 Å². The molecule has 0 aliphatic carbocycles. The van der Waals surface area contributed by atoms with Gasteiger partial charge in [-0.15, -0.1) is 0 Å². The molecule has 0 aromatic carbocycles. The molecule has 0 saturated carbocycles. The fourth-order valence-corrected chi connectivity index (χ4v) is 1.60. The number of aliphatic hydroxyl groups is 1. The standard InChI is InChI=1S/C12H26N2O2/c1-3-4-5-8-11(16)12(13,14)9-6-7-10(2)15/h10,15H,3-9,13-14H2,1-2H3. The minimum absolute atomic E-state index is 0.0634. The van der Waals surface area contributed by atoms with E-state index in [4.69, 9.17) is 16.6 Å². The largest absolute Gasteiger partial charge is 0.393 e. The third kappa shape index (κ3) is 6.93. The summed E-state index contributed by atoms with van der Waals surface area (Å²) in [6, 6.07) is 0. The van der Waals surface area contributed by atoms with Crippen molar-refractivity contribution in [3.8, 4) is 0 Å². The predicted molar refractivity (Wildman–Crippen MR) is 65.8 cm³/mol. The molecule has 0 aliphatic rings. The van der Waals surface area contributed by atoms with Crippen LogP contribution in [-0.4, -0.2) is 22.7 Å². The van der Waals surface area contributed by atoms with Gasteiger partial charge in [0.15, 0.2) is 5.78 Å². The Balaban J connectivity index is 3.86. The lowest BCUT2D eigenvalue weighted by Gasteiger charge is -2.23. The highest BCUT2D eigenvalue weighted by molar-refractivity contribution is 5.87. The lowest BCUT2D eigenvalue weighted by molar-refractivity contribution is -0.124. The monoisotopic (exact) mass is 230 g/mol. The number of aliphatic hydroxyl groups excluding tert-OH is 1. The van der Waals surface area contributed by atoms with E-state index in [1.54, 1.807) is 6.92 Å². The summed E-state index contributed by atoms with van der Waals surface area (Å²) in [6.07, 6.45) is 4.86. The van der Waals surface area contributed by atoms with Crippen LogP contribution in [0.15, 0.2) is 0 Å². The van der Waals surface area contributed by atoms with Crippen molar-refractivity contribution in [2.45, 2.75) is 70.6 Å². The molecule has 0 saturated heterocycles. The molecule has 0 aliphatic heterocycles. The minimum Gasteiger partial charge on any atom is -0.393 e. The summed E-state index contributed by atoms with van der Waals surface area (Å²) in [6.45, 7) is 3.81. The van der Waals surface area contributed by atoms with Crippen LogP contribution in [0.25, 0.3) is 0 Å². The second kappa shape index (κ2) is 7.76. The van der Waals surface area contributed by atoms with Gasteiger partial charge in [0.2, 0.25) is 0 Å². The summed E-state index contributed by atoms with van der Waals surface area (Å²) in [7, 11) is 0. The third-order valence-electron chi connectivity index (χ3n) is 2.74. The van der Waals surface area contributed by atoms with Crippen LogP contribution >= 0.6 is 0 Å². The van der Waals surface area contributed by atoms with Crippen LogP contribution in [0.5, 0.6) is 0 Å². The van der Waals surface area contributed by atoms with Gasteiger partial charge in [-0.05, 0) is 32.6 Å². The Hall–Kier alpha value is -0.450. The first-order chi connectivity index (χ1) is 7.40. The van der Waals surface area contributed by atoms with Crippen molar-refractivity contribution >= 4 is 5.78 Å².